The molecule has 2 heterocycles. The highest BCUT2D eigenvalue weighted by Gasteiger charge is 2.38. The normalized spacial score (nSPS) is 14.8. The standard InChI is InChI=1S/C55H75F2N9O11/c1-33(2)48(63-44(68)19-12-9-15-26-65-45(69)22-23-46(65)70)53(75)61-35(4)51(73)62-42(54(76)77)18-13-14-25-59-50(72)34(3)60-52(74)41(58)24-27-66(47(71)32-67)49(55(5,6)7)43-28-37(39-29-38(56)20-21-40(39)57)31-64(43)30-36-16-10-8-11-17-36/h8,10-11,16-17,20-23,28-29,31,33-35,41-42,48-49,67H,9,12-15,18-19,24-27,30,32,58H2,1-7H3,(H,59,72)(H,60,74)(H,61,75)(H,62,73)(H,63,68)(H,76,77)/t34-,35+,41+,42+,48+,49+/m1/s1. The Bertz CT molecular complexity index is 2580. The number of aliphatic hydroxyl groups excluding tert-OH is 1. The number of imide groups is 1. The Morgan fingerprint density at radius 2 is 1.40 bits per heavy atom. The van der Waals surface area contributed by atoms with Crippen LogP contribution in [0.1, 0.15) is 117 Å². The zero-order valence-electron chi connectivity index (χ0n) is 44.9. The van der Waals surface area contributed by atoms with E-state index in [4.69, 9.17) is 5.73 Å². The summed E-state index contributed by atoms with van der Waals surface area (Å²) in [6, 6.07) is 7.68. The molecule has 1 aromatic heterocycles. The molecule has 1 aliphatic heterocycles. The van der Waals surface area contributed by atoms with Crippen molar-refractivity contribution in [3.63, 3.8) is 0 Å². The van der Waals surface area contributed by atoms with Crippen LogP contribution in [0.5, 0.6) is 0 Å². The molecule has 0 unspecified atom stereocenters. The number of aliphatic carboxylic acids is 1. The first-order chi connectivity index (χ1) is 36.3. The van der Waals surface area contributed by atoms with Gasteiger partial charge >= 0.3 is 5.97 Å². The quantitative estimate of drug-likeness (QED) is 0.0351. The van der Waals surface area contributed by atoms with Crippen LogP contribution < -0.4 is 32.3 Å². The van der Waals surface area contributed by atoms with Crippen molar-refractivity contribution in [1.29, 1.82) is 0 Å². The van der Waals surface area contributed by atoms with Crippen molar-refractivity contribution in [1.82, 2.24) is 41.0 Å². The molecule has 0 fully saturated rings. The largest absolute Gasteiger partial charge is 0.480 e. The second-order valence-electron chi connectivity index (χ2n) is 20.7. The number of hydrogen-bond donors (Lipinski definition) is 8. The van der Waals surface area contributed by atoms with Gasteiger partial charge in [-0.2, -0.15) is 0 Å². The number of benzene rings is 2. The van der Waals surface area contributed by atoms with Crippen LogP contribution in [0.3, 0.4) is 0 Å². The molecule has 4 rings (SSSR count). The number of rotatable bonds is 30. The van der Waals surface area contributed by atoms with Gasteiger partial charge in [-0.1, -0.05) is 71.4 Å². The van der Waals surface area contributed by atoms with Crippen molar-refractivity contribution in [2.45, 2.75) is 143 Å². The van der Waals surface area contributed by atoms with E-state index in [1.807, 2.05) is 55.7 Å². The fourth-order valence-electron chi connectivity index (χ4n) is 8.82. The van der Waals surface area contributed by atoms with Gasteiger partial charge in [-0.15, -0.1) is 0 Å². The highest BCUT2D eigenvalue weighted by Crippen LogP contribution is 2.41. The zero-order valence-corrected chi connectivity index (χ0v) is 44.9. The maximum atomic E-state index is 15.2. The lowest BCUT2D eigenvalue weighted by Gasteiger charge is -2.41. The summed E-state index contributed by atoms with van der Waals surface area (Å²) in [6.45, 7) is 11.5. The summed E-state index contributed by atoms with van der Waals surface area (Å²) in [7, 11) is 0. The maximum Gasteiger partial charge on any atom is 0.326 e. The fourth-order valence-corrected chi connectivity index (χ4v) is 8.82. The molecule has 0 aliphatic carbocycles. The first-order valence-electron chi connectivity index (χ1n) is 25.9. The number of halogens is 2. The van der Waals surface area contributed by atoms with Crippen molar-refractivity contribution >= 4 is 53.2 Å². The fraction of sp³-hybridized carbons (Fsp3) is 0.509. The summed E-state index contributed by atoms with van der Waals surface area (Å²) >= 11 is 0. The molecule has 22 heteroatoms. The average molecular weight is 1080 g/mol. The molecule has 1 aliphatic rings. The lowest BCUT2D eigenvalue weighted by molar-refractivity contribution is -0.142. The highest BCUT2D eigenvalue weighted by atomic mass is 19.1. The van der Waals surface area contributed by atoms with Crippen molar-refractivity contribution < 1.29 is 62.1 Å². The molecule has 8 amide bonds. The predicted octanol–water partition coefficient (Wildman–Crippen LogP) is 3.60. The van der Waals surface area contributed by atoms with E-state index in [0.717, 1.165) is 28.7 Å². The number of hydrogen-bond acceptors (Lipinski definition) is 11. The van der Waals surface area contributed by atoms with E-state index >= 15 is 4.39 Å². The number of aromatic nitrogens is 1. The maximum absolute atomic E-state index is 15.2. The van der Waals surface area contributed by atoms with Crippen molar-refractivity contribution in [3.8, 4) is 11.1 Å². The summed E-state index contributed by atoms with van der Waals surface area (Å²) in [4.78, 5) is 117. The number of aliphatic hydroxyl groups is 1. The van der Waals surface area contributed by atoms with Gasteiger partial charge in [0.05, 0.1) is 12.1 Å². The van der Waals surface area contributed by atoms with Crippen LogP contribution in [0.25, 0.3) is 11.1 Å². The van der Waals surface area contributed by atoms with Gasteiger partial charge in [0.15, 0.2) is 0 Å². The number of carboxylic acids is 1. The molecule has 2 aromatic carbocycles. The molecule has 0 saturated carbocycles. The van der Waals surface area contributed by atoms with Crippen LogP contribution in [-0.4, -0.2) is 134 Å². The lowest BCUT2D eigenvalue weighted by Crippen LogP contribution is -2.56. The van der Waals surface area contributed by atoms with Gasteiger partial charge in [-0.3, -0.25) is 43.3 Å². The van der Waals surface area contributed by atoms with Crippen molar-refractivity contribution in [2.75, 3.05) is 26.2 Å². The number of nitrogens with one attached hydrogen (secondary N) is 5. The molecule has 3 aromatic rings. The Morgan fingerprint density at radius 3 is 2.03 bits per heavy atom. The van der Waals surface area contributed by atoms with E-state index in [1.54, 1.807) is 26.1 Å². The SMILES string of the molecule is CC(C)[C@H](NC(=O)CCCCCN1C(=O)C=CC1=O)C(=O)N[C@@H](C)C(=O)N[C@@H](CCCCNC(=O)[C@@H](C)NC(=O)[C@@H](N)CCN(C(=O)CO)[C@@H](c1cc(-c2cc(F)ccc2F)cn1Cc1ccccc1)C(C)(C)C)C(=O)O. The molecule has 0 bridgehead atoms. The molecule has 77 heavy (non-hydrogen) atoms. The molecule has 420 valence electrons. The van der Waals surface area contributed by atoms with E-state index < -0.39 is 101 Å². The molecule has 0 radical (unpaired) electrons. The number of carbonyl (C=O) groups excluding carboxylic acids is 8. The summed E-state index contributed by atoms with van der Waals surface area (Å²) < 4.78 is 31.4. The molecule has 6 atom stereocenters. The van der Waals surface area contributed by atoms with Crippen molar-refractivity contribution in [3.05, 3.63) is 95.8 Å². The van der Waals surface area contributed by atoms with Gasteiger partial charge in [-0.05, 0) is 93.5 Å². The molecule has 20 nitrogen and oxygen atoms in total. The van der Waals surface area contributed by atoms with Crippen LogP contribution >= 0.6 is 0 Å². The minimum atomic E-state index is -1.33. The van der Waals surface area contributed by atoms with Crippen LogP contribution in [0.15, 0.2) is 72.9 Å². The molecule has 0 spiro atoms. The van der Waals surface area contributed by atoms with E-state index in [0.29, 0.717) is 43.5 Å². The summed E-state index contributed by atoms with van der Waals surface area (Å²) in [5.41, 5.74) is 7.45. The monoisotopic (exact) mass is 1080 g/mol. The van der Waals surface area contributed by atoms with Gasteiger partial charge in [0, 0.05) is 67.8 Å². The number of carboxylic acid groups (broad SMARTS) is 1. The van der Waals surface area contributed by atoms with E-state index in [1.165, 1.54) is 30.9 Å². The first-order valence-corrected chi connectivity index (χ1v) is 25.9. The Morgan fingerprint density at radius 1 is 0.753 bits per heavy atom. The summed E-state index contributed by atoms with van der Waals surface area (Å²) in [5, 5.41) is 32.9. The molecule has 9 N–H and O–H groups in total. The minimum absolute atomic E-state index is 0.0170. The third-order valence-electron chi connectivity index (χ3n) is 13.0. The summed E-state index contributed by atoms with van der Waals surface area (Å²) in [6.07, 6.45) is 6.10. The average Bonchev–Trinajstić information content (AvgIpc) is 3.93. The third-order valence-corrected chi connectivity index (χ3v) is 13.0. The van der Waals surface area contributed by atoms with E-state index in [-0.39, 0.29) is 68.6 Å². The van der Waals surface area contributed by atoms with E-state index in [9.17, 15) is 57.8 Å². The highest BCUT2D eigenvalue weighted by molar-refractivity contribution is 6.12. The van der Waals surface area contributed by atoms with Crippen LogP contribution in [0.4, 0.5) is 8.78 Å². The minimum Gasteiger partial charge on any atom is -0.480 e. The number of carbonyl (C=O) groups is 9. The molecule has 0 saturated heterocycles. The van der Waals surface area contributed by atoms with Gasteiger partial charge < -0.3 is 52.0 Å². The number of amides is 8. The van der Waals surface area contributed by atoms with Gasteiger partial charge in [0.25, 0.3) is 11.8 Å². The van der Waals surface area contributed by atoms with Crippen LogP contribution in [-0.2, 0) is 49.7 Å². The number of nitrogens with zero attached hydrogens (tertiary/aromatic N) is 3. The molecular weight excluding hydrogens is 1000 g/mol. The van der Waals surface area contributed by atoms with Crippen LogP contribution in [0, 0.1) is 23.0 Å². The van der Waals surface area contributed by atoms with Crippen LogP contribution in [0.2, 0.25) is 0 Å². The Balaban J connectivity index is 1.25. The Kier molecular flexibility index (Phi) is 23.6. The number of unbranched alkanes of at least 4 members (excludes halogenated alkanes) is 3. The zero-order chi connectivity index (χ0) is 57.1. The lowest BCUT2D eigenvalue weighted by atomic mass is 9.82. The Hall–Kier alpha value is -7.33. The number of nitrogens with two attached hydrogens (primary N) is 1. The molecular formula is C55H75F2N9O11. The second-order valence-corrected chi connectivity index (χ2v) is 20.7. The smallest absolute Gasteiger partial charge is 0.326 e. The van der Waals surface area contributed by atoms with Crippen molar-refractivity contribution in [2.24, 2.45) is 17.1 Å². The van der Waals surface area contributed by atoms with E-state index in [2.05, 4.69) is 26.6 Å². The van der Waals surface area contributed by atoms with Gasteiger partial charge in [0.2, 0.25) is 35.4 Å². The van der Waals surface area contributed by atoms with Gasteiger partial charge in [0.1, 0.15) is 42.4 Å². The predicted molar refractivity (Wildman–Crippen MR) is 282 cm³/mol. The Labute approximate surface area is 447 Å². The summed E-state index contributed by atoms with van der Waals surface area (Å²) in [5.74, 6) is -7.47. The third kappa shape index (κ3) is 18.7. The second kappa shape index (κ2) is 29.3. The first kappa shape index (κ1) is 62.2. The topological polar surface area (TPSA) is 292 Å². The van der Waals surface area contributed by atoms with Gasteiger partial charge in [-0.25, -0.2) is 13.6 Å².